The van der Waals surface area contributed by atoms with Crippen LogP contribution in [0.5, 0.6) is 5.75 Å². The lowest BCUT2D eigenvalue weighted by atomic mass is 9.98. The van der Waals surface area contributed by atoms with E-state index in [9.17, 15) is 18.8 Å². The van der Waals surface area contributed by atoms with Gasteiger partial charge < -0.3 is 13.9 Å². The Hall–Kier alpha value is -4.46. The second kappa shape index (κ2) is 8.72. The Morgan fingerprint density at radius 1 is 1.03 bits per heavy atom. The van der Waals surface area contributed by atoms with Crippen molar-refractivity contribution < 1.29 is 27.9 Å². The molecule has 0 saturated heterocycles. The Bertz CT molecular complexity index is 1510. The molecule has 0 spiro atoms. The largest absolute Gasteiger partial charge is 0.497 e. The van der Waals surface area contributed by atoms with E-state index in [2.05, 4.69) is 0 Å². The maximum absolute atomic E-state index is 13.9. The summed E-state index contributed by atoms with van der Waals surface area (Å²) in [5.74, 6) is -1.08. The van der Waals surface area contributed by atoms with Crippen molar-refractivity contribution in [2.75, 3.05) is 18.6 Å². The van der Waals surface area contributed by atoms with E-state index in [1.165, 1.54) is 24.1 Å². The summed E-state index contributed by atoms with van der Waals surface area (Å²) < 4.78 is 30.0. The van der Waals surface area contributed by atoms with Gasteiger partial charge in [-0.25, -0.2) is 9.18 Å². The Morgan fingerprint density at radius 3 is 2.40 bits per heavy atom. The minimum atomic E-state index is -0.833. The molecule has 4 aromatic rings. The zero-order chi connectivity index (χ0) is 24.7. The first-order valence-corrected chi connectivity index (χ1v) is 10.9. The molecule has 0 aliphatic carbocycles. The molecule has 8 heteroatoms. The van der Waals surface area contributed by atoms with Crippen LogP contribution in [0.25, 0.3) is 11.0 Å². The number of rotatable bonds is 5. The number of methoxy groups -OCH3 is 1. The molecule has 0 radical (unpaired) electrons. The first-order valence-electron chi connectivity index (χ1n) is 10.9. The van der Waals surface area contributed by atoms with E-state index >= 15 is 0 Å². The Morgan fingerprint density at radius 2 is 1.74 bits per heavy atom. The number of hydrogen-bond acceptors (Lipinski definition) is 6. The molecular weight excluding hydrogens is 453 g/mol. The normalized spacial score (nSPS) is 14.8. The molecular formula is C27H20FNO6. The molecule has 0 N–H and O–H groups in total. The van der Waals surface area contributed by atoms with Crippen molar-refractivity contribution >= 4 is 28.5 Å². The highest BCUT2D eigenvalue weighted by Crippen LogP contribution is 2.41. The summed E-state index contributed by atoms with van der Waals surface area (Å²) in [5, 5.41) is 0.0505. The predicted octanol–water partition coefficient (Wildman–Crippen LogP) is 4.87. The van der Waals surface area contributed by atoms with E-state index < -0.39 is 29.2 Å². The molecule has 7 nitrogen and oxygen atoms in total. The van der Waals surface area contributed by atoms with Crippen molar-refractivity contribution in [2.45, 2.75) is 13.0 Å². The number of amides is 1. The number of ether oxygens (including phenoxy) is 2. The Labute approximate surface area is 199 Å². The average Bonchev–Trinajstić information content (AvgIpc) is 3.17. The Balaban J connectivity index is 1.70. The van der Waals surface area contributed by atoms with Gasteiger partial charge in [-0.1, -0.05) is 12.1 Å². The van der Waals surface area contributed by atoms with Gasteiger partial charge in [-0.3, -0.25) is 14.5 Å². The molecule has 1 aliphatic heterocycles. The fourth-order valence-electron chi connectivity index (χ4n) is 4.29. The van der Waals surface area contributed by atoms with Crippen molar-refractivity contribution in [3.63, 3.8) is 0 Å². The van der Waals surface area contributed by atoms with Crippen molar-refractivity contribution in [1.29, 1.82) is 0 Å². The summed E-state index contributed by atoms with van der Waals surface area (Å²) in [4.78, 5) is 40.6. The maximum atomic E-state index is 13.9. The fraction of sp³-hybridized carbons (Fsp3) is 0.148. The number of hydrogen-bond donors (Lipinski definition) is 0. The number of nitrogens with zero attached hydrogens (tertiary/aromatic N) is 1. The summed E-state index contributed by atoms with van der Waals surface area (Å²) in [6, 6.07) is 16.0. The predicted molar refractivity (Wildman–Crippen MR) is 126 cm³/mol. The number of halogens is 1. The van der Waals surface area contributed by atoms with E-state index in [1.54, 1.807) is 55.5 Å². The van der Waals surface area contributed by atoms with Crippen LogP contribution < -0.4 is 15.1 Å². The van der Waals surface area contributed by atoms with Crippen LogP contribution in [0.15, 0.2) is 75.9 Å². The zero-order valence-electron chi connectivity index (χ0n) is 18.9. The van der Waals surface area contributed by atoms with Gasteiger partial charge in [-0.15, -0.1) is 0 Å². The molecule has 35 heavy (non-hydrogen) atoms. The van der Waals surface area contributed by atoms with Crippen LogP contribution in [0, 0.1) is 5.82 Å². The first-order chi connectivity index (χ1) is 16.9. The summed E-state index contributed by atoms with van der Waals surface area (Å²) in [7, 11) is 1.54. The summed E-state index contributed by atoms with van der Waals surface area (Å²) in [6.45, 7) is 1.95. The van der Waals surface area contributed by atoms with Crippen molar-refractivity contribution in [1.82, 2.24) is 0 Å². The third kappa shape index (κ3) is 3.73. The monoisotopic (exact) mass is 473 g/mol. The van der Waals surface area contributed by atoms with E-state index in [0.717, 1.165) is 6.07 Å². The molecule has 1 atom stereocenters. The third-order valence-electron chi connectivity index (χ3n) is 5.92. The quantitative estimate of drug-likeness (QED) is 0.385. The molecule has 176 valence electrons. The van der Waals surface area contributed by atoms with E-state index in [1.807, 2.05) is 0 Å². The molecule has 1 unspecified atom stereocenters. The van der Waals surface area contributed by atoms with Gasteiger partial charge in [0.1, 0.15) is 17.1 Å². The summed E-state index contributed by atoms with van der Waals surface area (Å²) >= 11 is 0. The molecule has 3 aromatic carbocycles. The van der Waals surface area contributed by atoms with Crippen LogP contribution in [0.3, 0.4) is 0 Å². The standard InChI is InChI=1S/C27H20FNO6/c1-3-34-27(32)16-4-9-18(10-5-16)29-23(15-6-11-19(33-2)12-7-15)22-24(30)20-14-17(28)8-13-21(20)35-25(22)26(29)31/h4-14,23H,3H2,1-2H3. The van der Waals surface area contributed by atoms with Crippen LogP contribution in [-0.4, -0.2) is 25.6 Å². The lowest BCUT2D eigenvalue weighted by Gasteiger charge is -2.25. The van der Waals surface area contributed by atoms with Crippen molar-refractivity contribution in [3.8, 4) is 5.75 Å². The highest BCUT2D eigenvalue weighted by molar-refractivity contribution is 6.10. The first kappa shape index (κ1) is 22.3. The summed E-state index contributed by atoms with van der Waals surface area (Å²) in [6.07, 6.45) is 0. The van der Waals surface area contributed by atoms with Gasteiger partial charge in [0.25, 0.3) is 5.91 Å². The Kier molecular flexibility index (Phi) is 5.56. The van der Waals surface area contributed by atoms with E-state index in [4.69, 9.17) is 13.9 Å². The molecule has 0 saturated carbocycles. The average molecular weight is 473 g/mol. The second-order valence-electron chi connectivity index (χ2n) is 7.93. The third-order valence-corrected chi connectivity index (χ3v) is 5.92. The maximum Gasteiger partial charge on any atom is 0.338 e. The van der Waals surface area contributed by atoms with Crippen LogP contribution in [0.4, 0.5) is 10.1 Å². The van der Waals surface area contributed by atoms with Gasteiger partial charge in [0.05, 0.1) is 36.3 Å². The van der Waals surface area contributed by atoms with Crippen LogP contribution in [0.2, 0.25) is 0 Å². The van der Waals surface area contributed by atoms with Gasteiger partial charge >= 0.3 is 5.97 Å². The number of benzene rings is 3. The van der Waals surface area contributed by atoms with Gasteiger partial charge in [-0.2, -0.15) is 0 Å². The number of carbonyl (C=O) groups is 2. The minimum absolute atomic E-state index is 0.0505. The molecule has 1 aliphatic rings. The van der Waals surface area contributed by atoms with Crippen LogP contribution in [0.1, 0.15) is 45.0 Å². The van der Waals surface area contributed by atoms with Crippen LogP contribution >= 0.6 is 0 Å². The summed E-state index contributed by atoms with van der Waals surface area (Å²) in [5.41, 5.74) is 1.17. The van der Waals surface area contributed by atoms with Crippen LogP contribution in [-0.2, 0) is 4.74 Å². The van der Waals surface area contributed by atoms with Gasteiger partial charge in [-0.05, 0) is 67.1 Å². The minimum Gasteiger partial charge on any atom is -0.497 e. The van der Waals surface area contributed by atoms with E-state index in [0.29, 0.717) is 22.6 Å². The van der Waals surface area contributed by atoms with E-state index in [-0.39, 0.29) is 28.9 Å². The smallest absolute Gasteiger partial charge is 0.338 e. The highest BCUT2D eigenvalue weighted by atomic mass is 19.1. The second-order valence-corrected chi connectivity index (χ2v) is 7.93. The molecule has 1 amide bonds. The SMILES string of the molecule is CCOC(=O)c1ccc(N2C(=O)c3oc4ccc(F)cc4c(=O)c3C2c2ccc(OC)cc2)cc1. The van der Waals surface area contributed by atoms with Crippen molar-refractivity contribution in [3.05, 3.63) is 105 Å². The van der Waals surface area contributed by atoms with Gasteiger partial charge in [0.15, 0.2) is 5.43 Å². The van der Waals surface area contributed by atoms with Gasteiger partial charge in [0.2, 0.25) is 5.76 Å². The number of fused-ring (bicyclic) bond motifs is 2. The fourth-order valence-corrected chi connectivity index (χ4v) is 4.29. The number of anilines is 1. The lowest BCUT2D eigenvalue weighted by molar-refractivity contribution is 0.0526. The highest BCUT2D eigenvalue weighted by Gasteiger charge is 2.43. The van der Waals surface area contributed by atoms with Crippen molar-refractivity contribution in [2.24, 2.45) is 0 Å². The molecule has 2 heterocycles. The molecule has 0 bridgehead atoms. The zero-order valence-corrected chi connectivity index (χ0v) is 18.9. The topological polar surface area (TPSA) is 86.0 Å². The van der Waals surface area contributed by atoms with Gasteiger partial charge in [0, 0.05) is 5.69 Å². The molecule has 1 aromatic heterocycles. The number of carbonyl (C=O) groups excluding carboxylic acids is 2. The molecule has 0 fully saturated rings. The lowest BCUT2D eigenvalue weighted by Crippen LogP contribution is -2.29. The number of esters is 1. The molecule has 5 rings (SSSR count).